The lowest BCUT2D eigenvalue weighted by atomic mass is 10.4. The van der Waals surface area contributed by atoms with Crippen LogP contribution in [0.15, 0.2) is 4.79 Å². The van der Waals surface area contributed by atoms with E-state index < -0.39 is 0 Å². The number of aromatic hydroxyl groups is 1. The molecule has 0 atom stereocenters. The second-order valence-electron chi connectivity index (χ2n) is 3.22. The molecule has 2 heterocycles. The van der Waals surface area contributed by atoms with Gasteiger partial charge >= 0.3 is 0 Å². The van der Waals surface area contributed by atoms with Crippen molar-refractivity contribution in [1.29, 1.82) is 0 Å². The van der Waals surface area contributed by atoms with Gasteiger partial charge in [0.05, 0.1) is 0 Å². The van der Waals surface area contributed by atoms with Crippen molar-refractivity contribution in [3.8, 4) is 5.88 Å². The zero-order valence-electron chi connectivity index (χ0n) is 7.46. The van der Waals surface area contributed by atoms with Crippen LogP contribution in [0.2, 0.25) is 0 Å². The van der Waals surface area contributed by atoms with Crippen molar-refractivity contribution in [3.05, 3.63) is 13.9 Å². The summed E-state index contributed by atoms with van der Waals surface area (Å²) in [6.45, 7) is 1.78. The molecule has 14 heavy (non-hydrogen) atoms. The first-order valence-corrected chi connectivity index (χ1v) is 5.50. The molecule has 0 unspecified atom stereocenters. The van der Waals surface area contributed by atoms with Gasteiger partial charge in [0.2, 0.25) is 11.8 Å². The van der Waals surface area contributed by atoms with Gasteiger partial charge < -0.3 is 10.0 Å². The Hall–Kier alpha value is -0.790. The van der Waals surface area contributed by atoms with Crippen LogP contribution >= 0.6 is 22.6 Å². The van der Waals surface area contributed by atoms with Crippen molar-refractivity contribution in [2.24, 2.45) is 0 Å². The number of hydrogen-bond acceptors (Lipinski definition) is 4. The third kappa shape index (κ3) is 1.70. The molecule has 1 fully saturated rings. The molecule has 76 valence electrons. The zero-order chi connectivity index (χ0) is 10.1. The molecule has 2 N–H and O–H groups in total. The lowest BCUT2D eigenvalue weighted by Gasteiger charge is -2.15. The first-order valence-electron chi connectivity index (χ1n) is 4.42. The van der Waals surface area contributed by atoms with Gasteiger partial charge in [-0.05, 0) is 35.4 Å². The molecule has 2 rings (SSSR count). The molecule has 0 aliphatic carbocycles. The van der Waals surface area contributed by atoms with Crippen molar-refractivity contribution in [3.63, 3.8) is 0 Å². The lowest BCUT2D eigenvalue weighted by molar-refractivity contribution is 0.446. The molecule has 0 amide bonds. The fourth-order valence-corrected chi connectivity index (χ4v) is 1.77. The monoisotopic (exact) mass is 307 g/mol. The van der Waals surface area contributed by atoms with Gasteiger partial charge in [0.25, 0.3) is 5.56 Å². The average molecular weight is 307 g/mol. The second-order valence-corrected chi connectivity index (χ2v) is 4.30. The highest BCUT2D eigenvalue weighted by Gasteiger charge is 2.16. The first-order chi connectivity index (χ1) is 6.68. The highest BCUT2D eigenvalue weighted by Crippen LogP contribution is 2.18. The third-order valence-corrected chi connectivity index (χ3v) is 3.21. The van der Waals surface area contributed by atoms with E-state index in [1.807, 2.05) is 4.90 Å². The number of nitrogens with zero attached hydrogens (tertiary/aromatic N) is 2. The maximum atomic E-state index is 11.3. The van der Waals surface area contributed by atoms with Crippen LogP contribution in [-0.4, -0.2) is 28.2 Å². The maximum absolute atomic E-state index is 11.3. The number of nitrogens with one attached hydrogen (secondary N) is 1. The van der Waals surface area contributed by atoms with E-state index in [-0.39, 0.29) is 15.0 Å². The number of H-pyrrole nitrogens is 1. The summed E-state index contributed by atoms with van der Waals surface area (Å²) in [5.74, 6) is 0.293. The minimum atomic E-state index is -0.278. The molecule has 1 aliphatic rings. The number of hydrogen-bond donors (Lipinski definition) is 2. The summed E-state index contributed by atoms with van der Waals surface area (Å²) in [6, 6.07) is 0. The smallest absolute Gasteiger partial charge is 0.269 e. The van der Waals surface area contributed by atoms with Gasteiger partial charge in [-0.3, -0.25) is 9.78 Å². The van der Waals surface area contributed by atoms with Crippen LogP contribution in [0.4, 0.5) is 5.95 Å². The average Bonchev–Trinajstić information content (AvgIpc) is 2.66. The Balaban J connectivity index is 2.39. The number of halogens is 1. The van der Waals surface area contributed by atoms with Crippen LogP contribution in [0.1, 0.15) is 12.8 Å². The molecule has 0 spiro atoms. The third-order valence-electron chi connectivity index (χ3n) is 2.24. The number of rotatable bonds is 1. The van der Waals surface area contributed by atoms with Gasteiger partial charge in [0.1, 0.15) is 3.57 Å². The molecule has 6 heteroatoms. The molecule has 0 aromatic carbocycles. The first kappa shape index (κ1) is 9.75. The highest BCUT2D eigenvalue weighted by molar-refractivity contribution is 14.1. The Bertz CT molecular complexity index is 398. The largest absolute Gasteiger partial charge is 0.492 e. The molecule has 1 aromatic rings. The Kier molecular flexibility index (Phi) is 2.62. The topological polar surface area (TPSA) is 69.2 Å². The number of aromatic nitrogens is 2. The summed E-state index contributed by atoms with van der Waals surface area (Å²) < 4.78 is 0.241. The standard InChI is InChI=1S/C8H10IN3O2/c9-5-6(13)10-8(11-7(5)14)12-3-1-2-4-12/h1-4H2,(H2,10,11,13,14). The van der Waals surface area contributed by atoms with Gasteiger partial charge in [-0.15, -0.1) is 0 Å². The van der Waals surface area contributed by atoms with Gasteiger partial charge in [-0.2, -0.15) is 4.98 Å². The van der Waals surface area contributed by atoms with Crippen LogP contribution in [0.5, 0.6) is 5.88 Å². The normalized spacial score (nSPS) is 16.2. The molecule has 0 bridgehead atoms. The molecular weight excluding hydrogens is 297 g/mol. The van der Waals surface area contributed by atoms with Gasteiger partial charge in [-0.1, -0.05) is 0 Å². The van der Waals surface area contributed by atoms with Crippen LogP contribution in [0, 0.1) is 3.57 Å². The predicted molar refractivity (Wildman–Crippen MR) is 60.7 cm³/mol. The minimum Gasteiger partial charge on any atom is -0.492 e. The molecule has 5 nitrogen and oxygen atoms in total. The van der Waals surface area contributed by atoms with Crippen molar-refractivity contribution in [2.45, 2.75) is 12.8 Å². The van der Waals surface area contributed by atoms with Crippen LogP contribution < -0.4 is 10.5 Å². The number of anilines is 1. The van der Waals surface area contributed by atoms with Crippen molar-refractivity contribution in [2.75, 3.05) is 18.0 Å². The second kappa shape index (κ2) is 3.76. The van der Waals surface area contributed by atoms with E-state index in [0.717, 1.165) is 25.9 Å². The quantitative estimate of drug-likeness (QED) is 0.749. The summed E-state index contributed by atoms with van der Waals surface area (Å²) in [6.07, 6.45) is 2.22. The van der Waals surface area contributed by atoms with Crippen LogP contribution in [0.3, 0.4) is 0 Å². The summed E-state index contributed by atoms with van der Waals surface area (Å²) in [7, 11) is 0. The van der Waals surface area contributed by atoms with E-state index in [0.29, 0.717) is 5.95 Å². The molecular formula is C8H10IN3O2. The highest BCUT2D eigenvalue weighted by atomic mass is 127. The fraction of sp³-hybridized carbons (Fsp3) is 0.500. The Morgan fingerprint density at radius 3 is 2.64 bits per heavy atom. The maximum Gasteiger partial charge on any atom is 0.269 e. The van der Waals surface area contributed by atoms with Gasteiger partial charge in [0.15, 0.2) is 0 Å². The van der Waals surface area contributed by atoms with E-state index in [1.165, 1.54) is 0 Å². The predicted octanol–water partition coefficient (Wildman–Crippen LogP) is 0.680. The molecule has 1 saturated heterocycles. The molecule has 0 saturated carbocycles. The van der Waals surface area contributed by atoms with Gasteiger partial charge in [0, 0.05) is 13.1 Å². The van der Waals surface area contributed by atoms with Crippen molar-refractivity contribution in [1.82, 2.24) is 9.97 Å². The molecule has 1 aromatic heterocycles. The summed E-state index contributed by atoms with van der Waals surface area (Å²) >= 11 is 1.77. The summed E-state index contributed by atoms with van der Waals surface area (Å²) in [5.41, 5.74) is -0.278. The summed E-state index contributed by atoms with van der Waals surface area (Å²) in [5, 5.41) is 9.38. The Morgan fingerprint density at radius 2 is 2.07 bits per heavy atom. The van der Waals surface area contributed by atoms with E-state index in [4.69, 9.17) is 0 Å². The van der Waals surface area contributed by atoms with E-state index in [1.54, 1.807) is 22.6 Å². The van der Waals surface area contributed by atoms with Gasteiger partial charge in [-0.25, -0.2) is 0 Å². The van der Waals surface area contributed by atoms with Crippen molar-refractivity contribution < 1.29 is 5.11 Å². The SMILES string of the molecule is O=c1[nH]c(N2CCCC2)nc(O)c1I. The van der Waals surface area contributed by atoms with E-state index in [2.05, 4.69) is 9.97 Å². The summed E-state index contributed by atoms with van der Waals surface area (Å²) in [4.78, 5) is 19.9. The van der Waals surface area contributed by atoms with Crippen molar-refractivity contribution >= 4 is 28.5 Å². The van der Waals surface area contributed by atoms with Crippen LogP contribution in [-0.2, 0) is 0 Å². The molecule has 0 radical (unpaired) electrons. The minimum absolute atomic E-state index is 0.184. The Morgan fingerprint density at radius 1 is 1.43 bits per heavy atom. The lowest BCUT2D eigenvalue weighted by Crippen LogP contribution is -2.24. The Labute approximate surface area is 94.3 Å². The van der Waals surface area contributed by atoms with E-state index >= 15 is 0 Å². The van der Waals surface area contributed by atoms with E-state index in [9.17, 15) is 9.90 Å². The zero-order valence-corrected chi connectivity index (χ0v) is 9.61. The van der Waals surface area contributed by atoms with Crippen LogP contribution in [0.25, 0.3) is 0 Å². The molecule has 1 aliphatic heterocycles. The number of aromatic amines is 1. The fourth-order valence-electron chi connectivity index (χ4n) is 1.51.